The van der Waals surface area contributed by atoms with E-state index in [0.717, 1.165) is 26.0 Å². The van der Waals surface area contributed by atoms with Gasteiger partial charge >= 0.3 is 5.97 Å². The zero-order chi connectivity index (χ0) is 13.3. The van der Waals surface area contributed by atoms with Crippen LogP contribution in [-0.4, -0.2) is 18.2 Å². The fraction of sp³-hybridized carbons (Fsp3) is 0.462. The van der Waals surface area contributed by atoms with E-state index in [0.29, 0.717) is 12.8 Å². The van der Waals surface area contributed by atoms with Gasteiger partial charge in [-0.25, -0.2) is 8.78 Å². The predicted molar refractivity (Wildman–Crippen MR) is 60.7 cm³/mol. The number of carboxylic acid groups (broad SMARTS) is 1. The minimum absolute atomic E-state index is 0.0192. The normalized spacial score (nSPS) is 17.7. The molecule has 0 aliphatic heterocycles. The van der Waals surface area contributed by atoms with Gasteiger partial charge in [-0.2, -0.15) is 0 Å². The van der Waals surface area contributed by atoms with Crippen molar-refractivity contribution in [2.45, 2.75) is 31.1 Å². The van der Waals surface area contributed by atoms with Crippen molar-refractivity contribution in [1.29, 1.82) is 0 Å². The first kappa shape index (κ1) is 12.8. The Morgan fingerprint density at radius 2 is 1.94 bits per heavy atom. The largest absolute Gasteiger partial charge is 0.491 e. The molecular weight excluding hydrogens is 242 g/mol. The van der Waals surface area contributed by atoms with Crippen molar-refractivity contribution in [2.75, 3.05) is 7.11 Å². The Labute approximate surface area is 103 Å². The van der Waals surface area contributed by atoms with Gasteiger partial charge in [0.15, 0.2) is 17.4 Å². The van der Waals surface area contributed by atoms with Crippen LogP contribution in [0.4, 0.5) is 8.78 Å². The molecule has 0 aromatic heterocycles. The third kappa shape index (κ3) is 1.74. The summed E-state index contributed by atoms with van der Waals surface area (Å²) in [5.41, 5.74) is -1.23. The summed E-state index contributed by atoms with van der Waals surface area (Å²) in [5, 5.41) is 9.37. The SMILES string of the molecule is COc1c(F)ccc(C2(C(=O)O)CCCC2)c1F. The third-order valence-electron chi connectivity index (χ3n) is 3.64. The lowest BCUT2D eigenvalue weighted by molar-refractivity contribution is -0.143. The highest BCUT2D eigenvalue weighted by Gasteiger charge is 2.45. The first-order chi connectivity index (χ1) is 8.53. The van der Waals surface area contributed by atoms with E-state index in [1.54, 1.807) is 0 Å². The van der Waals surface area contributed by atoms with Crippen molar-refractivity contribution in [3.8, 4) is 5.75 Å². The number of hydrogen-bond acceptors (Lipinski definition) is 2. The van der Waals surface area contributed by atoms with Crippen LogP contribution >= 0.6 is 0 Å². The van der Waals surface area contributed by atoms with Crippen molar-refractivity contribution < 1.29 is 23.4 Å². The molecule has 0 amide bonds. The van der Waals surface area contributed by atoms with Gasteiger partial charge in [0.25, 0.3) is 0 Å². The van der Waals surface area contributed by atoms with Crippen LogP contribution in [0.3, 0.4) is 0 Å². The van der Waals surface area contributed by atoms with Crippen LogP contribution in [0, 0.1) is 11.6 Å². The second kappa shape index (κ2) is 4.55. The molecule has 0 spiro atoms. The van der Waals surface area contributed by atoms with Gasteiger partial charge in [0.1, 0.15) is 0 Å². The Morgan fingerprint density at radius 3 is 2.44 bits per heavy atom. The molecular formula is C13H14F2O3. The molecule has 0 unspecified atom stereocenters. The number of aliphatic carboxylic acids is 1. The van der Waals surface area contributed by atoms with E-state index >= 15 is 0 Å². The van der Waals surface area contributed by atoms with Gasteiger partial charge in [-0.3, -0.25) is 4.79 Å². The summed E-state index contributed by atoms with van der Waals surface area (Å²) in [6.07, 6.45) is 2.19. The lowest BCUT2D eigenvalue weighted by Crippen LogP contribution is -2.33. The average Bonchev–Trinajstić information content (AvgIpc) is 2.80. The van der Waals surface area contributed by atoms with Crippen molar-refractivity contribution in [1.82, 2.24) is 0 Å². The summed E-state index contributed by atoms with van der Waals surface area (Å²) >= 11 is 0. The molecule has 0 radical (unpaired) electrons. The number of methoxy groups -OCH3 is 1. The maximum Gasteiger partial charge on any atom is 0.314 e. The summed E-state index contributed by atoms with van der Waals surface area (Å²) < 4.78 is 32.2. The highest BCUT2D eigenvalue weighted by Crippen LogP contribution is 2.44. The molecule has 1 fully saturated rings. The third-order valence-corrected chi connectivity index (χ3v) is 3.64. The van der Waals surface area contributed by atoms with Crippen molar-refractivity contribution in [2.24, 2.45) is 0 Å². The van der Waals surface area contributed by atoms with Gasteiger partial charge < -0.3 is 9.84 Å². The maximum absolute atomic E-state index is 14.2. The highest BCUT2D eigenvalue weighted by molar-refractivity contribution is 5.82. The summed E-state index contributed by atoms with van der Waals surface area (Å²) in [7, 11) is 1.16. The first-order valence-electron chi connectivity index (χ1n) is 5.79. The molecule has 0 saturated heterocycles. The lowest BCUT2D eigenvalue weighted by Gasteiger charge is -2.25. The fourth-order valence-electron chi connectivity index (χ4n) is 2.67. The van der Waals surface area contributed by atoms with E-state index in [4.69, 9.17) is 0 Å². The zero-order valence-electron chi connectivity index (χ0n) is 10.0. The number of benzene rings is 1. The molecule has 18 heavy (non-hydrogen) atoms. The molecule has 3 nitrogen and oxygen atoms in total. The van der Waals surface area contributed by atoms with Crippen LogP contribution in [0.5, 0.6) is 5.75 Å². The monoisotopic (exact) mass is 256 g/mol. The predicted octanol–water partition coefficient (Wildman–Crippen LogP) is 2.87. The van der Waals surface area contributed by atoms with Crippen molar-refractivity contribution >= 4 is 5.97 Å². The van der Waals surface area contributed by atoms with Crippen LogP contribution in [0.25, 0.3) is 0 Å². The topological polar surface area (TPSA) is 46.5 Å². The number of hydrogen-bond donors (Lipinski definition) is 1. The Balaban J connectivity index is 2.59. The van der Waals surface area contributed by atoms with Gasteiger partial charge in [-0.05, 0) is 18.9 Å². The molecule has 2 rings (SSSR count). The number of carboxylic acids is 1. The van der Waals surface area contributed by atoms with E-state index in [-0.39, 0.29) is 5.56 Å². The number of rotatable bonds is 3. The molecule has 5 heteroatoms. The fourth-order valence-corrected chi connectivity index (χ4v) is 2.67. The van der Waals surface area contributed by atoms with Gasteiger partial charge in [0, 0.05) is 5.56 Å². The average molecular weight is 256 g/mol. The quantitative estimate of drug-likeness (QED) is 0.904. The van der Waals surface area contributed by atoms with E-state index in [2.05, 4.69) is 4.74 Å². The van der Waals surface area contributed by atoms with Crippen molar-refractivity contribution in [3.05, 3.63) is 29.3 Å². The molecule has 1 aromatic rings. The Bertz CT molecular complexity index is 479. The van der Waals surface area contributed by atoms with Crippen LogP contribution < -0.4 is 4.74 Å². The minimum atomic E-state index is -1.24. The maximum atomic E-state index is 14.2. The standard InChI is InChI=1S/C13H14F2O3/c1-18-11-9(14)5-4-8(10(11)15)13(12(16)17)6-2-3-7-13/h4-5H,2-3,6-7H2,1H3,(H,16,17). The second-order valence-corrected chi connectivity index (χ2v) is 4.54. The molecule has 1 aliphatic carbocycles. The van der Waals surface area contributed by atoms with Gasteiger partial charge in [0.05, 0.1) is 12.5 Å². The van der Waals surface area contributed by atoms with Crippen LogP contribution in [0.2, 0.25) is 0 Å². The summed E-state index contributed by atoms with van der Waals surface area (Å²) in [4.78, 5) is 11.5. The number of ether oxygens (including phenoxy) is 1. The summed E-state index contributed by atoms with van der Waals surface area (Å²) in [6, 6.07) is 2.27. The van der Waals surface area contributed by atoms with Gasteiger partial charge in [0.2, 0.25) is 0 Å². The Kier molecular flexibility index (Phi) is 3.24. The molecule has 1 saturated carbocycles. The molecule has 98 valence electrons. The molecule has 0 heterocycles. The van der Waals surface area contributed by atoms with Crippen LogP contribution in [0.1, 0.15) is 31.2 Å². The molecule has 1 aromatic carbocycles. The van der Waals surface area contributed by atoms with E-state index in [1.807, 2.05) is 0 Å². The smallest absolute Gasteiger partial charge is 0.314 e. The van der Waals surface area contributed by atoms with E-state index in [9.17, 15) is 18.7 Å². The van der Waals surface area contributed by atoms with Gasteiger partial charge in [-0.1, -0.05) is 18.9 Å². The van der Waals surface area contributed by atoms with Crippen molar-refractivity contribution in [3.63, 3.8) is 0 Å². The van der Waals surface area contributed by atoms with Crippen LogP contribution in [-0.2, 0) is 10.2 Å². The minimum Gasteiger partial charge on any atom is -0.491 e. The van der Waals surface area contributed by atoms with E-state index in [1.165, 1.54) is 6.07 Å². The summed E-state index contributed by atoms with van der Waals surface area (Å²) in [5.74, 6) is -3.30. The second-order valence-electron chi connectivity index (χ2n) is 4.54. The molecule has 0 atom stereocenters. The first-order valence-corrected chi connectivity index (χ1v) is 5.79. The summed E-state index contributed by atoms with van der Waals surface area (Å²) in [6.45, 7) is 0. The number of carbonyl (C=O) groups is 1. The van der Waals surface area contributed by atoms with Crippen LogP contribution in [0.15, 0.2) is 12.1 Å². The Morgan fingerprint density at radius 1 is 1.33 bits per heavy atom. The number of halogens is 2. The van der Waals surface area contributed by atoms with E-state index < -0.39 is 28.8 Å². The Hall–Kier alpha value is -1.65. The zero-order valence-corrected chi connectivity index (χ0v) is 10.0. The van der Waals surface area contributed by atoms with Gasteiger partial charge in [-0.15, -0.1) is 0 Å². The highest BCUT2D eigenvalue weighted by atomic mass is 19.1. The molecule has 0 bridgehead atoms. The molecule has 1 N–H and O–H groups in total. The molecule has 1 aliphatic rings. The lowest BCUT2D eigenvalue weighted by atomic mass is 9.78.